The zero-order valence-electron chi connectivity index (χ0n) is 9.22. The standard InChI is InChI=1S/C10H19IN2O2/c1-9(8-11)10(14)15-7-6-13-4-2-12-3-5-13/h9,12H,2-8H2,1H3/p+1. The second-order valence-corrected chi connectivity index (χ2v) is 4.85. The van der Waals surface area contributed by atoms with E-state index in [-0.39, 0.29) is 11.9 Å². The molecule has 1 atom stereocenters. The van der Waals surface area contributed by atoms with Crippen LogP contribution in [0.15, 0.2) is 0 Å². The van der Waals surface area contributed by atoms with Gasteiger partial charge in [0.2, 0.25) is 0 Å². The summed E-state index contributed by atoms with van der Waals surface area (Å²) in [5.74, 6) is -0.0254. The molecule has 1 fully saturated rings. The minimum absolute atomic E-state index is 0.0311. The number of carbonyl (C=O) groups is 1. The highest BCUT2D eigenvalue weighted by Gasteiger charge is 2.15. The molecule has 1 unspecified atom stereocenters. The Morgan fingerprint density at radius 3 is 2.80 bits per heavy atom. The SMILES string of the molecule is CC(CI)C(=O)OCC[NH+]1CCNCC1. The van der Waals surface area contributed by atoms with E-state index in [0.717, 1.165) is 37.2 Å². The van der Waals surface area contributed by atoms with Crippen LogP contribution in [0.25, 0.3) is 0 Å². The summed E-state index contributed by atoms with van der Waals surface area (Å²) in [5, 5.41) is 3.31. The van der Waals surface area contributed by atoms with Crippen LogP contribution >= 0.6 is 22.6 Å². The number of rotatable bonds is 5. The highest BCUT2D eigenvalue weighted by atomic mass is 127. The Morgan fingerprint density at radius 1 is 1.53 bits per heavy atom. The first-order chi connectivity index (χ1) is 7.24. The van der Waals surface area contributed by atoms with Crippen LogP contribution < -0.4 is 10.2 Å². The number of hydrogen-bond acceptors (Lipinski definition) is 3. The summed E-state index contributed by atoms with van der Waals surface area (Å²) in [5.41, 5.74) is 0. The molecule has 1 aliphatic heterocycles. The van der Waals surface area contributed by atoms with E-state index in [1.54, 1.807) is 0 Å². The van der Waals surface area contributed by atoms with Crippen molar-refractivity contribution in [1.82, 2.24) is 5.32 Å². The lowest BCUT2D eigenvalue weighted by Gasteiger charge is -2.24. The van der Waals surface area contributed by atoms with Gasteiger partial charge in [-0.15, -0.1) is 0 Å². The second kappa shape index (κ2) is 7.40. The molecule has 4 nitrogen and oxygen atoms in total. The van der Waals surface area contributed by atoms with Gasteiger partial charge in [-0.2, -0.15) is 0 Å². The fourth-order valence-corrected chi connectivity index (χ4v) is 1.89. The van der Waals surface area contributed by atoms with Crippen molar-refractivity contribution in [1.29, 1.82) is 0 Å². The van der Waals surface area contributed by atoms with Gasteiger partial charge in [-0.05, 0) is 0 Å². The molecule has 5 heteroatoms. The van der Waals surface area contributed by atoms with E-state index in [2.05, 4.69) is 27.9 Å². The van der Waals surface area contributed by atoms with Crippen LogP contribution in [-0.2, 0) is 9.53 Å². The first-order valence-corrected chi connectivity index (χ1v) is 7.03. The van der Waals surface area contributed by atoms with Gasteiger partial charge in [0.25, 0.3) is 0 Å². The van der Waals surface area contributed by atoms with E-state index in [1.807, 2.05) is 6.92 Å². The third-order valence-corrected chi connectivity index (χ3v) is 3.97. The van der Waals surface area contributed by atoms with Crippen LogP contribution in [-0.4, -0.2) is 49.7 Å². The third-order valence-electron chi connectivity index (χ3n) is 2.64. The topological polar surface area (TPSA) is 42.8 Å². The molecule has 0 aromatic heterocycles. The normalized spacial score (nSPS) is 19.9. The Balaban J connectivity index is 2.07. The lowest BCUT2D eigenvalue weighted by molar-refractivity contribution is -0.902. The molecule has 0 bridgehead atoms. The van der Waals surface area contributed by atoms with Gasteiger partial charge in [0, 0.05) is 17.5 Å². The third kappa shape index (κ3) is 5.12. The molecular formula is C10H20IN2O2+. The zero-order valence-corrected chi connectivity index (χ0v) is 11.4. The van der Waals surface area contributed by atoms with Crippen molar-refractivity contribution < 1.29 is 14.4 Å². The summed E-state index contributed by atoms with van der Waals surface area (Å²) in [6.07, 6.45) is 0. The molecule has 1 saturated heterocycles. The molecule has 0 amide bonds. The highest BCUT2D eigenvalue weighted by molar-refractivity contribution is 14.1. The smallest absolute Gasteiger partial charge is 0.309 e. The maximum absolute atomic E-state index is 11.4. The van der Waals surface area contributed by atoms with E-state index < -0.39 is 0 Å². The molecule has 2 N–H and O–H groups in total. The number of quaternary nitrogens is 1. The fraction of sp³-hybridized carbons (Fsp3) is 0.900. The van der Waals surface area contributed by atoms with E-state index in [0.29, 0.717) is 6.61 Å². The Bertz CT molecular complexity index is 196. The van der Waals surface area contributed by atoms with E-state index in [4.69, 9.17) is 4.74 Å². The summed E-state index contributed by atoms with van der Waals surface area (Å²) >= 11 is 2.21. The Kier molecular flexibility index (Phi) is 6.51. The maximum atomic E-state index is 11.4. The monoisotopic (exact) mass is 327 g/mol. The van der Waals surface area contributed by atoms with Crippen molar-refractivity contribution in [2.75, 3.05) is 43.8 Å². The number of alkyl halides is 1. The summed E-state index contributed by atoms with van der Waals surface area (Å²) < 4.78 is 6.04. The average Bonchev–Trinajstić information content (AvgIpc) is 2.29. The van der Waals surface area contributed by atoms with Crippen molar-refractivity contribution in [2.45, 2.75) is 6.92 Å². The van der Waals surface area contributed by atoms with Gasteiger partial charge in [0.15, 0.2) is 0 Å². The van der Waals surface area contributed by atoms with Crippen LogP contribution in [0, 0.1) is 5.92 Å². The molecule has 0 aromatic carbocycles. The van der Waals surface area contributed by atoms with Crippen LogP contribution in [0.5, 0.6) is 0 Å². The summed E-state index contributed by atoms with van der Waals surface area (Å²) in [4.78, 5) is 12.9. The van der Waals surface area contributed by atoms with Crippen molar-refractivity contribution in [2.24, 2.45) is 5.92 Å². The molecule has 1 aliphatic rings. The number of esters is 1. The number of halogens is 1. The van der Waals surface area contributed by atoms with E-state index in [1.165, 1.54) is 4.90 Å². The molecule has 1 heterocycles. The predicted octanol–water partition coefficient (Wildman–Crippen LogP) is -0.911. The molecule has 0 aliphatic carbocycles. The zero-order chi connectivity index (χ0) is 11.1. The number of ether oxygens (including phenoxy) is 1. The molecule has 88 valence electrons. The minimum Gasteiger partial charge on any atom is -0.459 e. The fourth-order valence-electron chi connectivity index (χ4n) is 1.53. The Morgan fingerprint density at radius 2 is 2.20 bits per heavy atom. The van der Waals surface area contributed by atoms with Gasteiger partial charge in [-0.3, -0.25) is 4.79 Å². The van der Waals surface area contributed by atoms with Crippen LogP contribution in [0.1, 0.15) is 6.92 Å². The van der Waals surface area contributed by atoms with Gasteiger partial charge < -0.3 is 15.0 Å². The quantitative estimate of drug-likeness (QED) is 0.390. The first-order valence-electron chi connectivity index (χ1n) is 5.51. The van der Waals surface area contributed by atoms with Crippen molar-refractivity contribution in [3.63, 3.8) is 0 Å². The lowest BCUT2D eigenvalue weighted by Crippen LogP contribution is -3.15. The molecule has 0 spiro atoms. The second-order valence-electron chi connectivity index (χ2n) is 3.97. The molecule has 1 rings (SSSR count). The van der Waals surface area contributed by atoms with Gasteiger partial charge in [0.05, 0.1) is 19.0 Å². The molecule has 0 aromatic rings. The number of carbonyl (C=O) groups excluding carboxylic acids is 1. The van der Waals surface area contributed by atoms with Crippen molar-refractivity contribution >= 4 is 28.6 Å². The Hall–Kier alpha value is 0.120. The van der Waals surface area contributed by atoms with Crippen molar-refractivity contribution in [3.8, 4) is 0 Å². The van der Waals surface area contributed by atoms with E-state index in [9.17, 15) is 4.79 Å². The molecular weight excluding hydrogens is 307 g/mol. The van der Waals surface area contributed by atoms with Crippen LogP contribution in [0.4, 0.5) is 0 Å². The van der Waals surface area contributed by atoms with Gasteiger partial charge in [-0.25, -0.2) is 0 Å². The highest BCUT2D eigenvalue weighted by Crippen LogP contribution is 2.02. The van der Waals surface area contributed by atoms with Crippen molar-refractivity contribution in [3.05, 3.63) is 0 Å². The summed E-state index contributed by atoms with van der Waals surface area (Å²) in [7, 11) is 0. The van der Waals surface area contributed by atoms with Crippen LogP contribution in [0.3, 0.4) is 0 Å². The van der Waals surface area contributed by atoms with Gasteiger partial charge in [0.1, 0.15) is 13.2 Å². The number of hydrogen-bond donors (Lipinski definition) is 2. The first kappa shape index (κ1) is 13.2. The number of piperazine rings is 1. The maximum Gasteiger partial charge on any atom is 0.309 e. The molecule has 0 saturated carbocycles. The molecule has 15 heavy (non-hydrogen) atoms. The summed E-state index contributed by atoms with van der Waals surface area (Å²) in [6, 6.07) is 0. The van der Waals surface area contributed by atoms with Crippen LogP contribution in [0.2, 0.25) is 0 Å². The van der Waals surface area contributed by atoms with Gasteiger partial charge in [-0.1, -0.05) is 29.5 Å². The van der Waals surface area contributed by atoms with E-state index >= 15 is 0 Å². The van der Waals surface area contributed by atoms with Gasteiger partial charge >= 0.3 is 5.97 Å². The summed E-state index contributed by atoms with van der Waals surface area (Å²) in [6.45, 7) is 7.85. The largest absolute Gasteiger partial charge is 0.459 e. The molecule has 0 radical (unpaired) electrons. The number of nitrogens with one attached hydrogen (secondary N) is 2. The average molecular weight is 327 g/mol. The predicted molar refractivity (Wildman–Crippen MR) is 67.4 cm³/mol. The Labute approximate surface area is 105 Å². The minimum atomic E-state index is -0.0565. The lowest BCUT2D eigenvalue weighted by atomic mass is 10.2.